The van der Waals surface area contributed by atoms with Gasteiger partial charge in [0, 0.05) is 6.42 Å². The molecule has 0 spiro atoms. The van der Waals surface area contributed by atoms with Crippen LogP contribution in [0.2, 0.25) is 0 Å². The van der Waals surface area contributed by atoms with Crippen LogP contribution in [0.15, 0.2) is 24.3 Å². The lowest BCUT2D eigenvalue weighted by molar-refractivity contribution is 0.181. The maximum absolute atomic E-state index is 10.3. The Balaban J connectivity index is 1.86. The van der Waals surface area contributed by atoms with Gasteiger partial charge in [-0.1, -0.05) is 12.1 Å². The minimum Gasteiger partial charge on any atom is -0.387 e. The number of benzene rings is 1. The van der Waals surface area contributed by atoms with Gasteiger partial charge in [0.15, 0.2) is 0 Å². The lowest BCUT2D eigenvalue weighted by Crippen LogP contribution is -2.01. The molecule has 0 saturated carbocycles. The van der Waals surface area contributed by atoms with Gasteiger partial charge < -0.3 is 5.11 Å². The van der Waals surface area contributed by atoms with Crippen LogP contribution in [0.1, 0.15) is 26.7 Å². The highest BCUT2D eigenvalue weighted by atomic mass is 32.1. The predicted molar refractivity (Wildman–Crippen MR) is 79.9 cm³/mol. The number of hydrogen-bond donors (Lipinski definition) is 1. The fraction of sp³-hybridized carbons (Fsp3) is 0.286. The standard InChI is InChI=1S/C14H14N2OS2/c1-8-14(18-9(2)15-8)11(17)7-13-16-10-5-3-4-6-12(10)19-13/h3-6,11,17H,7H2,1-2H3. The van der Waals surface area contributed by atoms with E-state index in [-0.39, 0.29) is 0 Å². The molecule has 0 aliphatic heterocycles. The topological polar surface area (TPSA) is 46.0 Å². The number of rotatable bonds is 3. The zero-order valence-corrected chi connectivity index (χ0v) is 12.4. The number of aliphatic hydroxyl groups excluding tert-OH is 1. The molecule has 98 valence electrons. The smallest absolute Gasteiger partial charge is 0.0968 e. The molecule has 0 aliphatic carbocycles. The highest BCUT2D eigenvalue weighted by Gasteiger charge is 2.17. The van der Waals surface area contributed by atoms with Crippen LogP contribution < -0.4 is 0 Å². The lowest BCUT2D eigenvalue weighted by atomic mass is 10.2. The van der Waals surface area contributed by atoms with Crippen LogP contribution in [-0.2, 0) is 6.42 Å². The Morgan fingerprint density at radius 2 is 1.95 bits per heavy atom. The van der Waals surface area contributed by atoms with Crippen LogP contribution in [0, 0.1) is 13.8 Å². The number of hydrogen-bond acceptors (Lipinski definition) is 5. The summed E-state index contributed by atoms with van der Waals surface area (Å²) in [6, 6.07) is 8.06. The van der Waals surface area contributed by atoms with E-state index in [1.54, 1.807) is 22.7 Å². The number of para-hydroxylation sites is 1. The number of aryl methyl sites for hydroxylation is 2. The normalized spacial score (nSPS) is 13.0. The van der Waals surface area contributed by atoms with Crippen molar-refractivity contribution >= 4 is 32.9 Å². The predicted octanol–water partition coefficient (Wildman–Crippen LogP) is 3.65. The second-order valence-corrected chi connectivity index (χ2v) is 6.83. The molecule has 1 aromatic carbocycles. The third-order valence-corrected chi connectivity index (χ3v) is 5.18. The fourth-order valence-electron chi connectivity index (χ4n) is 2.12. The van der Waals surface area contributed by atoms with E-state index in [2.05, 4.69) is 16.0 Å². The van der Waals surface area contributed by atoms with E-state index in [4.69, 9.17) is 0 Å². The Labute approximate surface area is 119 Å². The van der Waals surface area contributed by atoms with E-state index in [1.807, 2.05) is 32.0 Å². The van der Waals surface area contributed by atoms with Gasteiger partial charge in [0.05, 0.1) is 36.9 Å². The summed E-state index contributed by atoms with van der Waals surface area (Å²) in [6.45, 7) is 3.91. The first kappa shape index (κ1) is 12.7. The molecule has 19 heavy (non-hydrogen) atoms. The van der Waals surface area contributed by atoms with Gasteiger partial charge in [-0.05, 0) is 26.0 Å². The molecule has 0 amide bonds. The summed E-state index contributed by atoms with van der Waals surface area (Å²) in [5.74, 6) is 0. The summed E-state index contributed by atoms with van der Waals surface area (Å²) in [5.41, 5.74) is 1.93. The van der Waals surface area contributed by atoms with Crippen LogP contribution in [0.25, 0.3) is 10.2 Å². The monoisotopic (exact) mass is 290 g/mol. The number of fused-ring (bicyclic) bond motifs is 1. The average Bonchev–Trinajstić information content (AvgIpc) is 2.91. The number of thiazole rings is 2. The van der Waals surface area contributed by atoms with Crippen molar-refractivity contribution in [3.05, 3.63) is 44.9 Å². The molecule has 3 aromatic rings. The molecule has 1 atom stereocenters. The molecular formula is C14H14N2OS2. The zero-order chi connectivity index (χ0) is 13.4. The van der Waals surface area contributed by atoms with E-state index in [0.29, 0.717) is 6.42 Å². The van der Waals surface area contributed by atoms with Crippen molar-refractivity contribution in [3.63, 3.8) is 0 Å². The molecule has 3 rings (SSSR count). The first-order chi connectivity index (χ1) is 9.13. The maximum atomic E-state index is 10.3. The number of nitrogens with zero attached hydrogens (tertiary/aromatic N) is 2. The zero-order valence-electron chi connectivity index (χ0n) is 10.8. The number of aliphatic hydroxyl groups is 1. The Kier molecular flexibility index (Phi) is 3.35. The van der Waals surface area contributed by atoms with Crippen LogP contribution in [0.4, 0.5) is 0 Å². The third kappa shape index (κ3) is 2.54. The SMILES string of the molecule is Cc1nc(C)c(C(O)Cc2nc3ccccc3s2)s1. The van der Waals surface area contributed by atoms with Crippen molar-refractivity contribution in [2.45, 2.75) is 26.4 Å². The molecule has 0 radical (unpaired) electrons. The Morgan fingerprint density at radius 3 is 2.63 bits per heavy atom. The average molecular weight is 290 g/mol. The molecule has 0 saturated heterocycles. The van der Waals surface area contributed by atoms with Gasteiger partial charge >= 0.3 is 0 Å². The van der Waals surface area contributed by atoms with Crippen molar-refractivity contribution in [1.29, 1.82) is 0 Å². The highest BCUT2D eigenvalue weighted by Crippen LogP contribution is 2.30. The van der Waals surface area contributed by atoms with Crippen molar-refractivity contribution in [2.24, 2.45) is 0 Å². The fourth-order valence-corrected chi connectivity index (χ4v) is 4.04. The molecule has 5 heteroatoms. The first-order valence-corrected chi connectivity index (χ1v) is 7.73. The maximum Gasteiger partial charge on any atom is 0.0968 e. The van der Waals surface area contributed by atoms with E-state index in [1.165, 1.54) is 4.70 Å². The second-order valence-electron chi connectivity index (χ2n) is 4.48. The molecule has 1 N–H and O–H groups in total. The largest absolute Gasteiger partial charge is 0.387 e. The van der Waals surface area contributed by atoms with Crippen molar-refractivity contribution < 1.29 is 5.11 Å². The van der Waals surface area contributed by atoms with Gasteiger partial charge in [-0.2, -0.15) is 0 Å². The quantitative estimate of drug-likeness (QED) is 0.801. The van der Waals surface area contributed by atoms with Crippen LogP contribution >= 0.6 is 22.7 Å². The van der Waals surface area contributed by atoms with Crippen LogP contribution in [0.3, 0.4) is 0 Å². The summed E-state index contributed by atoms with van der Waals surface area (Å²) in [7, 11) is 0. The Bertz CT molecular complexity index is 684. The minimum atomic E-state index is -0.508. The molecule has 2 heterocycles. The first-order valence-electron chi connectivity index (χ1n) is 6.10. The van der Waals surface area contributed by atoms with E-state index >= 15 is 0 Å². The lowest BCUT2D eigenvalue weighted by Gasteiger charge is -2.06. The molecule has 0 fully saturated rings. The molecule has 0 aliphatic rings. The van der Waals surface area contributed by atoms with Crippen LogP contribution in [-0.4, -0.2) is 15.1 Å². The number of aromatic nitrogens is 2. The molecule has 0 bridgehead atoms. The Morgan fingerprint density at radius 1 is 1.16 bits per heavy atom. The Hall–Kier alpha value is -1.30. The van der Waals surface area contributed by atoms with Crippen molar-refractivity contribution in [3.8, 4) is 0 Å². The van der Waals surface area contributed by atoms with E-state index < -0.39 is 6.10 Å². The summed E-state index contributed by atoms with van der Waals surface area (Å²) < 4.78 is 1.17. The summed E-state index contributed by atoms with van der Waals surface area (Å²) in [5, 5.41) is 12.3. The van der Waals surface area contributed by atoms with Gasteiger partial charge in [-0.15, -0.1) is 22.7 Å². The van der Waals surface area contributed by atoms with E-state index in [9.17, 15) is 5.11 Å². The minimum absolute atomic E-state index is 0.508. The van der Waals surface area contributed by atoms with Gasteiger partial charge in [0.25, 0.3) is 0 Å². The van der Waals surface area contributed by atoms with Crippen molar-refractivity contribution in [1.82, 2.24) is 9.97 Å². The highest BCUT2D eigenvalue weighted by molar-refractivity contribution is 7.18. The summed E-state index contributed by atoms with van der Waals surface area (Å²) in [6.07, 6.45) is 0.0497. The third-order valence-electron chi connectivity index (χ3n) is 2.95. The van der Waals surface area contributed by atoms with Gasteiger partial charge in [-0.3, -0.25) is 0 Å². The van der Waals surface area contributed by atoms with Gasteiger partial charge in [-0.25, -0.2) is 9.97 Å². The van der Waals surface area contributed by atoms with Gasteiger partial charge in [0.1, 0.15) is 0 Å². The second kappa shape index (κ2) is 5.00. The van der Waals surface area contributed by atoms with Gasteiger partial charge in [0.2, 0.25) is 0 Å². The molecule has 1 unspecified atom stereocenters. The molecular weight excluding hydrogens is 276 g/mol. The van der Waals surface area contributed by atoms with Crippen LogP contribution in [0.5, 0.6) is 0 Å². The van der Waals surface area contributed by atoms with E-state index in [0.717, 1.165) is 26.1 Å². The molecule has 2 aromatic heterocycles. The molecule has 3 nitrogen and oxygen atoms in total. The summed E-state index contributed by atoms with van der Waals surface area (Å²) in [4.78, 5) is 9.87. The summed E-state index contributed by atoms with van der Waals surface area (Å²) >= 11 is 3.21. The van der Waals surface area contributed by atoms with Crippen molar-refractivity contribution in [2.75, 3.05) is 0 Å².